The van der Waals surface area contributed by atoms with Crippen molar-refractivity contribution in [3.63, 3.8) is 0 Å². The van der Waals surface area contributed by atoms with Gasteiger partial charge in [0.25, 0.3) is 0 Å². The quantitative estimate of drug-likeness (QED) is 0.854. The predicted octanol–water partition coefficient (Wildman–Crippen LogP) is 3.48. The molecule has 98 valence electrons. The van der Waals surface area contributed by atoms with Gasteiger partial charge in [0, 0.05) is 0 Å². The maximum Gasteiger partial charge on any atom is 0.181 e. The molecule has 0 N–H and O–H groups in total. The van der Waals surface area contributed by atoms with Crippen LogP contribution in [-0.4, -0.2) is 14.2 Å². The lowest BCUT2D eigenvalue weighted by molar-refractivity contribution is 0.599. The van der Waals surface area contributed by atoms with Crippen molar-refractivity contribution in [2.24, 2.45) is 0 Å². The molecular weight excluding hydrogens is 256 g/mol. The Balaban J connectivity index is 2.10. The minimum Gasteiger partial charge on any atom is -0.223 e. The monoisotopic (exact) mass is 272 g/mol. The second kappa shape index (κ2) is 5.85. The van der Waals surface area contributed by atoms with Crippen LogP contribution in [0.1, 0.15) is 11.1 Å². The third-order valence-corrected chi connectivity index (χ3v) is 4.43. The van der Waals surface area contributed by atoms with Gasteiger partial charge in [0.1, 0.15) is 0 Å². The van der Waals surface area contributed by atoms with Crippen LogP contribution in [0.15, 0.2) is 65.6 Å². The molecule has 19 heavy (non-hydrogen) atoms. The van der Waals surface area contributed by atoms with Crippen LogP contribution in [-0.2, 0) is 9.84 Å². The van der Waals surface area contributed by atoms with E-state index in [0.717, 1.165) is 11.1 Å². The molecule has 0 amide bonds. The molecule has 3 heteroatoms. The van der Waals surface area contributed by atoms with E-state index in [1.54, 1.807) is 18.2 Å². The molecule has 0 aliphatic carbocycles. The average Bonchev–Trinajstić information content (AvgIpc) is 2.40. The van der Waals surface area contributed by atoms with Crippen LogP contribution in [0.2, 0.25) is 0 Å². The zero-order valence-corrected chi connectivity index (χ0v) is 11.6. The summed E-state index contributed by atoms with van der Waals surface area (Å²) < 4.78 is 24.2. The Morgan fingerprint density at radius 3 is 2.21 bits per heavy atom. The molecule has 0 fully saturated rings. The fraction of sp³-hybridized carbons (Fsp3) is 0.125. The van der Waals surface area contributed by atoms with Gasteiger partial charge in [0.15, 0.2) is 9.84 Å². The summed E-state index contributed by atoms with van der Waals surface area (Å²) in [5.41, 5.74) is 2.06. The summed E-state index contributed by atoms with van der Waals surface area (Å²) in [7, 11) is -3.23. The summed E-state index contributed by atoms with van der Waals surface area (Å²) in [5.74, 6) is 0.0188. The third kappa shape index (κ3) is 3.80. The van der Waals surface area contributed by atoms with Gasteiger partial charge in [-0.3, -0.25) is 0 Å². The standard InChI is InChI=1S/C16H16O2S/c1-14-9-11-16(12-10-14)19(17,18)13-5-8-15-6-3-2-4-7-15/h2-12H,13H2,1H3/b8-5+. The highest BCUT2D eigenvalue weighted by Crippen LogP contribution is 2.13. The van der Waals surface area contributed by atoms with Crippen LogP contribution in [0.25, 0.3) is 6.08 Å². The van der Waals surface area contributed by atoms with Gasteiger partial charge in [0.2, 0.25) is 0 Å². The molecule has 0 saturated carbocycles. The Labute approximate surface area is 114 Å². The van der Waals surface area contributed by atoms with Gasteiger partial charge in [-0.1, -0.05) is 60.2 Å². The fourth-order valence-electron chi connectivity index (χ4n) is 1.72. The van der Waals surface area contributed by atoms with E-state index in [4.69, 9.17) is 0 Å². The van der Waals surface area contributed by atoms with Crippen molar-refractivity contribution in [1.82, 2.24) is 0 Å². The fourth-order valence-corrected chi connectivity index (χ4v) is 2.81. The summed E-state index contributed by atoms with van der Waals surface area (Å²) in [6.45, 7) is 1.94. The van der Waals surface area contributed by atoms with E-state index >= 15 is 0 Å². The van der Waals surface area contributed by atoms with Crippen LogP contribution >= 0.6 is 0 Å². The van der Waals surface area contributed by atoms with Crippen LogP contribution in [0.5, 0.6) is 0 Å². The number of benzene rings is 2. The largest absolute Gasteiger partial charge is 0.223 e. The Morgan fingerprint density at radius 2 is 1.58 bits per heavy atom. The summed E-state index contributed by atoms with van der Waals surface area (Å²) in [6.07, 6.45) is 3.51. The Hall–Kier alpha value is -1.87. The van der Waals surface area contributed by atoms with Crippen LogP contribution < -0.4 is 0 Å². The lowest BCUT2D eigenvalue weighted by Gasteiger charge is -2.01. The van der Waals surface area contributed by atoms with Crippen molar-refractivity contribution in [2.45, 2.75) is 11.8 Å². The van der Waals surface area contributed by atoms with E-state index in [1.165, 1.54) is 0 Å². The number of hydrogen-bond acceptors (Lipinski definition) is 2. The highest BCUT2D eigenvalue weighted by atomic mass is 32.2. The molecule has 0 spiro atoms. The zero-order valence-electron chi connectivity index (χ0n) is 10.8. The summed E-state index contributed by atoms with van der Waals surface area (Å²) in [6, 6.07) is 16.6. The maximum absolute atomic E-state index is 12.1. The lowest BCUT2D eigenvalue weighted by Crippen LogP contribution is -2.04. The number of sulfone groups is 1. The average molecular weight is 272 g/mol. The molecule has 0 aliphatic heterocycles. The molecule has 2 aromatic rings. The first-order chi connectivity index (χ1) is 9.08. The van der Waals surface area contributed by atoms with Crippen molar-refractivity contribution < 1.29 is 8.42 Å². The smallest absolute Gasteiger partial charge is 0.181 e. The Morgan fingerprint density at radius 1 is 0.947 bits per heavy atom. The van der Waals surface area contributed by atoms with Crippen molar-refractivity contribution in [3.8, 4) is 0 Å². The molecule has 0 unspecified atom stereocenters. The van der Waals surface area contributed by atoms with E-state index in [9.17, 15) is 8.42 Å². The van der Waals surface area contributed by atoms with Crippen molar-refractivity contribution in [1.29, 1.82) is 0 Å². The van der Waals surface area contributed by atoms with Gasteiger partial charge in [-0.2, -0.15) is 0 Å². The first-order valence-electron chi connectivity index (χ1n) is 6.09. The topological polar surface area (TPSA) is 34.1 Å². The molecule has 0 bridgehead atoms. The molecule has 2 nitrogen and oxygen atoms in total. The van der Waals surface area contributed by atoms with E-state index in [2.05, 4.69) is 0 Å². The van der Waals surface area contributed by atoms with Gasteiger partial charge >= 0.3 is 0 Å². The number of rotatable bonds is 4. The molecule has 0 radical (unpaired) electrons. The maximum atomic E-state index is 12.1. The normalized spacial score (nSPS) is 11.8. The number of aryl methyl sites for hydroxylation is 1. The second-order valence-corrected chi connectivity index (χ2v) is 6.44. The molecule has 2 rings (SSSR count). The first-order valence-corrected chi connectivity index (χ1v) is 7.74. The first kappa shape index (κ1) is 13.6. The van der Waals surface area contributed by atoms with Gasteiger partial charge in [-0.05, 0) is 24.6 Å². The summed E-state index contributed by atoms with van der Waals surface area (Å²) in [4.78, 5) is 0.371. The lowest BCUT2D eigenvalue weighted by atomic mass is 10.2. The molecule has 0 atom stereocenters. The zero-order chi connectivity index (χ0) is 13.7. The molecular formula is C16H16O2S. The van der Waals surface area contributed by atoms with Crippen LogP contribution in [0, 0.1) is 6.92 Å². The molecule has 0 heterocycles. The SMILES string of the molecule is Cc1ccc(S(=O)(=O)C/C=C/c2ccccc2)cc1. The van der Waals surface area contributed by atoms with Gasteiger partial charge in [-0.15, -0.1) is 0 Å². The molecule has 0 aliphatic rings. The minimum atomic E-state index is -3.23. The van der Waals surface area contributed by atoms with Crippen molar-refractivity contribution >= 4 is 15.9 Å². The summed E-state index contributed by atoms with van der Waals surface area (Å²) >= 11 is 0. The van der Waals surface area contributed by atoms with Crippen LogP contribution in [0.4, 0.5) is 0 Å². The van der Waals surface area contributed by atoms with E-state index in [-0.39, 0.29) is 5.75 Å². The van der Waals surface area contributed by atoms with Crippen LogP contribution in [0.3, 0.4) is 0 Å². The Kier molecular flexibility index (Phi) is 4.17. The van der Waals surface area contributed by atoms with E-state index in [0.29, 0.717) is 4.90 Å². The molecule has 0 saturated heterocycles. The Bertz CT molecular complexity index is 654. The third-order valence-electron chi connectivity index (χ3n) is 2.81. The number of hydrogen-bond donors (Lipinski definition) is 0. The molecule has 0 aromatic heterocycles. The van der Waals surface area contributed by atoms with Gasteiger partial charge in [-0.25, -0.2) is 8.42 Å². The van der Waals surface area contributed by atoms with Crippen molar-refractivity contribution in [2.75, 3.05) is 5.75 Å². The highest BCUT2D eigenvalue weighted by molar-refractivity contribution is 7.91. The molecule has 2 aromatic carbocycles. The van der Waals surface area contributed by atoms with Crippen molar-refractivity contribution in [3.05, 3.63) is 71.8 Å². The van der Waals surface area contributed by atoms with Gasteiger partial charge < -0.3 is 0 Å². The predicted molar refractivity (Wildman–Crippen MR) is 78.7 cm³/mol. The minimum absolute atomic E-state index is 0.0188. The van der Waals surface area contributed by atoms with E-state index < -0.39 is 9.84 Å². The highest BCUT2D eigenvalue weighted by Gasteiger charge is 2.11. The second-order valence-electron chi connectivity index (χ2n) is 4.41. The summed E-state index contributed by atoms with van der Waals surface area (Å²) in [5, 5.41) is 0. The van der Waals surface area contributed by atoms with E-state index in [1.807, 2.05) is 55.5 Å². The van der Waals surface area contributed by atoms with Gasteiger partial charge in [0.05, 0.1) is 10.6 Å².